The van der Waals surface area contributed by atoms with Crippen molar-refractivity contribution >= 4 is 17.7 Å². The average molecular weight is 273 g/mol. The number of rotatable bonds is 8. The summed E-state index contributed by atoms with van der Waals surface area (Å²) in [5.41, 5.74) is 0. The summed E-state index contributed by atoms with van der Waals surface area (Å²) in [4.78, 5) is 14.2. The van der Waals surface area contributed by atoms with Gasteiger partial charge in [-0.3, -0.25) is 9.69 Å². The lowest BCUT2D eigenvalue weighted by molar-refractivity contribution is -0.120. The molecule has 106 valence electrons. The minimum atomic E-state index is 0.0829. The van der Waals surface area contributed by atoms with Crippen LogP contribution in [0.2, 0.25) is 0 Å². The normalized spacial score (nSPS) is 18.6. The lowest BCUT2D eigenvalue weighted by Crippen LogP contribution is -2.46. The van der Waals surface area contributed by atoms with E-state index in [1.54, 1.807) is 11.8 Å². The third-order valence-electron chi connectivity index (χ3n) is 3.17. The molecule has 5 heteroatoms. The third kappa shape index (κ3) is 6.61. The van der Waals surface area contributed by atoms with Gasteiger partial charge in [-0.25, -0.2) is 0 Å². The second-order valence-electron chi connectivity index (χ2n) is 4.75. The molecule has 0 aliphatic carbocycles. The van der Waals surface area contributed by atoms with Crippen molar-refractivity contribution in [3.8, 4) is 0 Å². The SMILES string of the molecule is CCCCSC(C)C(=O)NCCN1CCNCC1. The van der Waals surface area contributed by atoms with Gasteiger partial charge in [0.2, 0.25) is 5.91 Å². The maximum Gasteiger partial charge on any atom is 0.232 e. The van der Waals surface area contributed by atoms with Crippen molar-refractivity contribution in [2.45, 2.75) is 31.9 Å². The second kappa shape index (κ2) is 9.64. The number of amides is 1. The zero-order valence-corrected chi connectivity index (χ0v) is 12.5. The van der Waals surface area contributed by atoms with Crippen molar-refractivity contribution in [2.24, 2.45) is 0 Å². The van der Waals surface area contributed by atoms with E-state index in [2.05, 4.69) is 22.5 Å². The Bertz CT molecular complexity index is 232. The van der Waals surface area contributed by atoms with E-state index >= 15 is 0 Å². The number of nitrogens with one attached hydrogen (secondary N) is 2. The first-order valence-electron chi connectivity index (χ1n) is 7.06. The highest BCUT2D eigenvalue weighted by Crippen LogP contribution is 2.12. The molecular weight excluding hydrogens is 246 g/mol. The fourth-order valence-electron chi connectivity index (χ4n) is 1.90. The van der Waals surface area contributed by atoms with Gasteiger partial charge in [-0.05, 0) is 19.1 Å². The standard InChI is InChI=1S/C13H27N3OS/c1-3-4-11-18-12(2)13(17)15-7-10-16-8-5-14-6-9-16/h12,14H,3-11H2,1-2H3,(H,15,17). The van der Waals surface area contributed by atoms with Crippen LogP contribution in [0.1, 0.15) is 26.7 Å². The number of nitrogens with zero attached hydrogens (tertiary/aromatic N) is 1. The molecule has 1 aliphatic rings. The Morgan fingerprint density at radius 1 is 1.44 bits per heavy atom. The molecule has 1 amide bonds. The predicted molar refractivity (Wildman–Crippen MR) is 79.1 cm³/mol. The molecule has 1 heterocycles. The number of unbranched alkanes of at least 4 members (excludes halogenated alkanes) is 1. The van der Waals surface area contributed by atoms with Gasteiger partial charge in [0.15, 0.2) is 0 Å². The summed E-state index contributed by atoms with van der Waals surface area (Å²) in [7, 11) is 0. The molecule has 0 aromatic carbocycles. The van der Waals surface area contributed by atoms with E-state index in [-0.39, 0.29) is 11.2 Å². The van der Waals surface area contributed by atoms with Crippen molar-refractivity contribution in [3.05, 3.63) is 0 Å². The molecule has 2 N–H and O–H groups in total. The summed E-state index contributed by atoms with van der Waals surface area (Å²) in [6, 6.07) is 0. The smallest absolute Gasteiger partial charge is 0.232 e. The zero-order valence-electron chi connectivity index (χ0n) is 11.7. The lowest BCUT2D eigenvalue weighted by Gasteiger charge is -2.27. The van der Waals surface area contributed by atoms with E-state index in [0.29, 0.717) is 0 Å². The first kappa shape index (κ1) is 15.8. The largest absolute Gasteiger partial charge is 0.354 e. The fourth-order valence-corrected chi connectivity index (χ4v) is 2.94. The number of carbonyl (C=O) groups is 1. The molecule has 0 spiro atoms. The second-order valence-corrected chi connectivity index (χ2v) is 6.20. The number of hydrogen-bond acceptors (Lipinski definition) is 4. The molecule has 18 heavy (non-hydrogen) atoms. The van der Waals surface area contributed by atoms with E-state index in [9.17, 15) is 4.79 Å². The van der Waals surface area contributed by atoms with Gasteiger partial charge in [-0.15, -0.1) is 11.8 Å². The molecule has 0 saturated carbocycles. The lowest BCUT2D eigenvalue weighted by atomic mass is 10.3. The molecule has 4 nitrogen and oxygen atoms in total. The van der Waals surface area contributed by atoms with Gasteiger partial charge < -0.3 is 10.6 Å². The van der Waals surface area contributed by atoms with Crippen molar-refractivity contribution in [2.75, 3.05) is 45.0 Å². The Morgan fingerprint density at radius 2 is 2.17 bits per heavy atom. The predicted octanol–water partition coefficient (Wildman–Crippen LogP) is 0.930. The van der Waals surface area contributed by atoms with Crippen molar-refractivity contribution < 1.29 is 4.79 Å². The zero-order chi connectivity index (χ0) is 13.2. The third-order valence-corrected chi connectivity index (χ3v) is 4.41. The molecule has 1 unspecified atom stereocenters. The summed E-state index contributed by atoms with van der Waals surface area (Å²) >= 11 is 1.76. The summed E-state index contributed by atoms with van der Waals surface area (Å²) in [6.45, 7) is 10.2. The van der Waals surface area contributed by atoms with Crippen LogP contribution in [0.4, 0.5) is 0 Å². The van der Waals surface area contributed by atoms with Crippen LogP contribution in [-0.4, -0.2) is 61.1 Å². The van der Waals surface area contributed by atoms with E-state index < -0.39 is 0 Å². The Hall–Kier alpha value is -0.260. The number of carbonyl (C=O) groups excluding carboxylic acids is 1. The first-order valence-corrected chi connectivity index (χ1v) is 8.11. The molecule has 1 rings (SSSR count). The van der Waals surface area contributed by atoms with Gasteiger partial charge in [0.1, 0.15) is 0 Å². The highest BCUT2D eigenvalue weighted by Gasteiger charge is 2.13. The maximum absolute atomic E-state index is 11.8. The van der Waals surface area contributed by atoms with E-state index in [0.717, 1.165) is 45.0 Å². The maximum atomic E-state index is 11.8. The van der Waals surface area contributed by atoms with Gasteiger partial charge in [-0.2, -0.15) is 0 Å². The van der Waals surface area contributed by atoms with Crippen LogP contribution in [0.3, 0.4) is 0 Å². The molecule has 0 aromatic heterocycles. The summed E-state index contributed by atoms with van der Waals surface area (Å²) in [5.74, 6) is 1.27. The van der Waals surface area contributed by atoms with Crippen LogP contribution in [0.15, 0.2) is 0 Å². The van der Waals surface area contributed by atoms with Crippen molar-refractivity contribution in [1.82, 2.24) is 15.5 Å². The molecule has 0 bridgehead atoms. The van der Waals surface area contributed by atoms with Gasteiger partial charge in [-0.1, -0.05) is 13.3 Å². The average Bonchev–Trinajstić information content (AvgIpc) is 2.40. The number of thioether (sulfide) groups is 1. The van der Waals surface area contributed by atoms with Crippen molar-refractivity contribution in [3.63, 3.8) is 0 Å². The molecule has 1 saturated heterocycles. The minimum absolute atomic E-state index is 0.0829. The van der Waals surface area contributed by atoms with Crippen LogP contribution in [0.5, 0.6) is 0 Å². The van der Waals surface area contributed by atoms with Gasteiger partial charge >= 0.3 is 0 Å². The van der Waals surface area contributed by atoms with Crippen LogP contribution >= 0.6 is 11.8 Å². The summed E-state index contributed by atoms with van der Waals surface area (Å²) < 4.78 is 0. The fraction of sp³-hybridized carbons (Fsp3) is 0.923. The molecule has 1 atom stereocenters. The topological polar surface area (TPSA) is 44.4 Å². The van der Waals surface area contributed by atoms with E-state index in [1.807, 2.05) is 6.92 Å². The van der Waals surface area contributed by atoms with Gasteiger partial charge in [0, 0.05) is 39.3 Å². The van der Waals surface area contributed by atoms with Crippen LogP contribution in [0, 0.1) is 0 Å². The Labute approximate surface area is 115 Å². The van der Waals surface area contributed by atoms with Crippen LogP contribution < -0.4 is 10.6 Å². The molecule has 0 aromatic rings. The summed E-state index contributed by atoms with van der Waals surface area (Å²) in [6.07, 6.45) is 2.40. The number of piperazine rings is 1. The van der Waals surface area contributed by atoms with Crippen LogP contribution in [-0.2, 0) is 4.79 Å². The van der Waals surface area contributed by atoms with Crippen molar-refractivity contribution in [1.29, 1.82) is 0 Å². The molecule has 0 radical (unpaired) electrons. The monoisotopic (exact) mass is 273 g/mol. The highest BCUT2D eigenvalue weighted by molar-refractivity contribution is 8.00. The molecule has 1 fully saturated rings. The quantitative estimate of drug-likeness (QED) is 0.646. The summed E-state index contributed by atoms with van der Waals surface area (Å²) in [5, 5.41) is 6.45. The molecular formula is C13H27N3OS. The number of hydrogen-bond donors (Lipinski definition) is 2. The Balaban J connectivity index is 2.04. The van der Waals surface area contributed by atoms with Gasteiger partial charge in [0.05, 0.1) is 5.25 Å². The van der Waals surface area contributed by atoms with E-state index in [1.165, 1.54) is 12.8 Å². The van der Waals surface area contributed by atoms with Crippen LogP contribution in [0.25, 0.3) is 0 Å². The van der Waals surface area contributed by atoms with Gasteiger partial charge in [0.25, 0.3) is 0 Å². The van der Waals surface area contributed by atoms with E-state index in [4.69, 9.17) is 0 Å². The Morgan fingerprint density at radius 3 is 2.83 bits per heavy atom. The first-order chi connectivity index (χ1) is 8.74. The minimum Gasteiger partial charge on any atom is -0.354 e. The highest BCUT2D eigenvalue weighted by atomic mass is 32.2. The molecule has 1 aliphatic heterocycles. The Kier molecular flexibility index (Phi) is 8.46.